The van der Waals surface area contributed by atoms with Crippen molar-refractivity contribution in [1.82, 2.24) is 19.9 Å². The predicted octanol–water partition coefficient (Wildman–Crippen LogP) is 14.4. The van der Waals surface area contributed by atoms with Crippen molar-refractivity contribution in [2.75, 3.05) is 44.3 Å². The van der Waals surface area contributed by atoms with E-state index in [1.165, 1.54) is 26.2 Å². The molecule has 17 nitrogen and oxygen atoms in total. The molecule has 5 N–H and O–H groups in total. The average Bonchev–Trinajstić information content (AvgIpc) is 1.75. The molecule has 0 unspecified atom stereocenters. The Morgan fingerprint density at radius 2 is 0.849 bits per heavy atom. The highest BCUT2D eigenvalue weighted by Gasteiger charge is 2.47. The van der Waals surface area contributed by atoms with Crippen LogP contribution in [0.3, 0.4) is 0 Å². The molecule has 11 rings (SSSR count). The number of methoxy groups -OCH3 is 3. The third-order valence-electron chi connectivity index (χ3n) is 15.7. The summed E-state index contributed by atoms with van der Waals surface area (Å²) in [4.78, 5) is 64.4. The number of aromatic nitrogens is 4. The molecule has 25 heteroatoms. The van der Waals surface area contributed by atoms with E-state index < -0.39 is 5.97 Å². The van der Waals surface area contributed by atoms with Crippen molar-refractivity contribution in [3.8, 4) is 28.0 Å². The Morgan fingerprint density at radius 1 is 0.505 bits per heavy atom. The first-order valence-corrected chi connectivity index (χ1v) is 35.2. The van der Waals surface area contributed by atoms with Crippen molar-refractivity contribution >= 4 is 123 Å². The second-order valence-electron chi connectivity index (χ2n) is 22.9. The van der Waals surface area contributed by atoms with Gasteiger partial charge in [-0.05, 0) is 175 Å². The molecule has 4 aliphatic carbocycles. The molecule has 4 aromatic heterocycles. The van der Waals surface area contributed by atoms with Gasteiger partial charge in [-0.2, -0.15) is 12.6 Å². The Labute approximate surface area is 584 Å². The number of esters is 3. The summed E-state index contributed by atoms with van der Waals surface area (Å²) in [7, 11) is 4.94. The Bertz CT molecular complexity index is 3460. The average molecular weight is 1490 g/mol. The molecule has 4 saturated carbocycles. The van der Waals surface area contributed by atoms with Crippen LogP contribution in [0.15, 0.2) is 170 Å². The number of carbonyl (C=O) groups excluding carboxylic acids is 3. The molecule has 4 heterocycles. The number of nitrogens with zero attached hydrogens (tertiary/aromatic N) is 4. The van der Waals surface area contributed by atoms with Crippen LogP contribution in [0.1, 0.15) is 93.7 Å². The molecule has 0 aliphatic heterocycles. The molecule has 7 aromatic rings. The van der Waals surface area contributed by atoms with Crippen molar-refractivity contribution < 1.29 is 63.5 Å². The second kappa shape index (κ2) is 38.9. The number of rotatable bonds is 25. The summed E-state index contributed by atoms with van der Waals surface area (Å²) in [6.07, 6.45) is 24.7. The maximum absolute atomic E-state index is 11.6. The van der Waals surface area contributed by atoms with Crippen LogP contribution in [-0.2, 0) is 53.2 Å². The molecule has 4 aliphatic rings. The van der Waals surface area contributed by atoms with Gasteiger partial charge in [0.1, 0.15) is 0 Å². The number of benzene rings is 3. The van der Waals surface area contributed by atoms with Crippen LogP contribution in [0.4, 0.5) is 0 Å². The quantitative estimate of drug-likeness (QED) is 0.0102. The zero-order valence-corrected chi connectivity index (χ0v) is 59.2. The second-order valence-corrected chi connectivity index (χ2v) is 28.4. The minimum Gasteiger partial charge on any atom is -0.537 e. The number of thioether (sulfide) groups is 3. The van der Waals surface area contributed by atoms with Gasteiger partial charge in [-0.1, -0.05) is 72.3 Å². The lowest BCUT2D eigenvalue weighted by Gasteiger charge is -2.15. The summed E-state index contributed by atoms with van der Waals surface area (Å²) in [6.45, 7) is 0.0979. The van der Waals surface area contributed by atoms with E-state index in [0.717, 1.165) is 132 Å². The highest BCUT2D eigenvalue weighted by atomic mass is 79.9. The van der Waals surface area contributed by atoms with E-state index in [1.807, 2.05) is 79.1 Å². The number of pyridine rings is 4. The number of aliphatic hydroxyl groups is 3. The fourth-order valence-electron chi connectivity index (χ4n) is 8.96. The van der Waals surface area contributed by atoms with E-state index in [9.17, 15) is 24.3 Å². The maximum atomic E-state index is 11.6. The predicted molar refractivity (Wildman–Crippen MR) is 376 cm³/mol. The van der Waals surface area contributed by atoms with Gasteiger partial charge in [-0.3, -0.25) is 39.1 Å². The summed E-state index contributed by atoms with van der Waals surface area (Å²) in [5.41, 5.74) is 7.30. The lowest BCUT2D eigenvalue weighted by molar-refractivity contribution is -0.142. The number of hydrogen-bond donors (Lipinski definition) is 6. The molecule has 0 atom stereocenters. The number of hydrogen-bond acceptors (Lipinski definition) is 20. The highest BCUT2D eigenvalue weighted by molar-refractivity contribution is 9.10. The summed E-state index contributed by atoms with van der Waals surface area (Å²) in [5, 5.41) is 44.9. The van der Waals surface area contributed by atoms with Crippen LogP contribution in [-0.4, -0.2) is 121 Å². The van der Waals surface area contributed by atoms with E-state index in [-0.39, 0.29) is 65.8 Å². The van der Waals surface area contributed by atoms with Crippen LogP contribution >= 0.6 is 91.4 Å². The number of carboxylic acid groups (broad SMARTS) is 1. The minimum absolute atomic E-state index is 0.0170. The van der Waals surface area contributed by atoms with E-state index in [0.29, 0.717) is 37.7 Å². The van der Waals surface area contributed by atoms with Gasteiger partial charge in [-0.25, -0.2) is 0 Å². The molecular formula is C68H77BBr2ClN4O13S4. The topological polar surface area (TPSA) is 258 Å². The molecular weight excluding hydrogens is 1420 g/mol. The van der Waals surface area contributed by atoms with Gasteiger partial charge in [0.05, 0.1) is 82.1 Å². The van der Waals surface area contributed by atoms with Gasteiger partial charge >= 0.3 is 31.6 Å². The summed E-state index contributed by atoms with van der Waals surface area (Å²) in [5.74, 6) is 3.01. The van der Waals surface area contributed by atoms with Crippen LogP contribution in [0, 0.1) is 21.7 Å². The Hall–Kier alpha value is -5.51. The normalized spacial score (nSPS) is 14.8. The molecule has 4 fully saturated rings. The van der Waals surface area contributed by atoms with Gasteiger partial charge < -0.3 is 44.3 Å². The zero-order chi connectivity index (χ0) is 67.3. The first-order chi connectivity index (χ1) is 44.8. The number of carboxylic acids is 1. The Kier molecular flexibility index (Phi) is 32.0. The van der Waals surface area contributed by atoms with E-state index in [2.05, 4.69) is 73.8 Å². The van der Waals surface area contributed by atoms with Crippen molar-refractivity contribution in [2.24, 2.45) is 21.7 Å². The van der Waals surface area contributed by atoms with Crippen LogP contribution < -0.4 is 4.65 Å². The van der Waals surface area contributed by atoms with Gasteiger partial charge in [0.2, 0.25) is 0 Å². The largest absolute Gasteiger partial charge is 0.569 e. The molecule has 3 aromatic carbocycles. The number of thiol groups is 1. The minimum atomic E-state index is -0.711. The zero-order valence-electron chi connectivity index (χ0n) is 52.0. The summed E-state index contributed by atoms with van der Waals surface area (Å²) >= 11 is 21.7. The molecule has 495 valence electrons. The molecule has 0 spiro atoms. The Balaban J connectivity index is 0.000000185. The van der Waals surface area contributed by atoms with Gasteiger partial charge in [0, 0.05) is 97.1 Å². The number of carbonyl (C=O) groups is 4. The number of aliphatic hydroxyl groups excluding tert-OH is 3. The first kappa shape index (κ1) is 76.5. The van der Waals surface area contributed by atoms with Crippen LogP contribution in [0.25, 0.3) is 22.3 Å². The monoisotopic (exact) mass is 1490 g/mol. The van der Waals surface area contributed by atoms with E-state index in [1.54, 1.807) is 103 Å². The van der Waals surface area contributed by atoms with E-state index in [4.69, 9.17) is 41.4 Å². The van der Waals surface area contributed by atoms with Crippen LogP contribution in [0.2, 0.25) is 5.02 Å². The Morgan fingerprint density at radius 3 is 1.17 bits per heavy atom. The third-order valence-corrected chi connectivity index (χ3v) is 22.8. The molecule has 0 bridgehead atoms. The van der Waals surface area contributed by atoms with Crippen molar-refractivity contribution in [2.45, 2.75) is 112 Å². The smallest absolute Gasteiger partial charge is 0.537 e. The lowest BCUT2D eigenvalue weighted by Crippen LogP contribution is -2.13. The van der Waals surface area contributed by atoms with Crippen molar-refractivity contribution in [1.29, 1.82) is 0 Å². The fraction of sp³-hybridized carbons (Fsp3) is 0.382. The number of halogens is 3. The number of aliphatic carboxylic acids is 1. The third kappa shape index (κ3) is 26.6. The van der Waals surface area contributed by atoms with E-state index >= 15 is 0 Å². The summed E-state index contributed by atoms with van der Waals surface area (Å²) < 4.78 is 20.6. The molecule has 0 saturated heterocycles. The molecule has 93 heavy (non-hydrogen) atoms. The first-order valence-electron chi connectivity index (χ1n) is 29.7. The fourth-order valence-corrected chi connectivity index (χ4v) is 14.2. The molecule has 1 radical (unpaired) electrons. The standard InChI is InChI=1S/C19H21NO3S.C18H19NO3S.C12H14BrNO2S.C7H8BO3.C7H12O2S.C5H3BrClN/c1-23-18(22)10-19(7-8-19)13-24-17-6-9-20-11-16(17)15-4-2-14(12-21)3-5-15;20-11-13-1-3-14(4-2-13)15-10-19-8-5-16(15)23-12-18(6-7-18)9-17(21)22;1-16-11(15)6-12(3-4-12)8-17-10-2-5-14-7-9(10)13;9-5-6-1-3-7(4-2-6)11-8-10;1-9-6(8)4-7(5-10)2-3-7;6-4-3-8-2-1-5(4)7/h2-6,9,11,21H,7-8,10,12-13H2,1H3;1-5,8,10,20H,6-7,9,11-12H2,(H,21,22);2,5,7H,3-4,6,8H2,1H3;1-4,9-10H,5H2;10H,2-5H2,1H3;1-3H. The summed E-state index contributed by atoms with van der Waals surface area (Å²) in [6, 6.07) is 30.1. The maximum Gasteiger partial charge on any atom is 0.569 e. The van der Waals surface area contributed by atoms with Crippen molar-refractivity contribution in [3.63, 3.8) is 0 Å². The highest BCUT2D eigenvalue weighted by Crippen LogP contribution is 2.55. The van der Waals surface area contributed by atoms with Gasteiger partial charge in [0.25, 0.3) is 0 Å². The SMILES string of the molecule is COC(=O)CC1(CS)CC1.COC(=O)CC1(CSc2ccncc2-c2ccc(CO)cc2)CC1.COC(=O)CC1(CSc2ccncc2Br)CC1.Clc1ccncc1Br.O=C(O)CC1(CSc2ccncc2-c2ccc(CO)cc2)CC1.O[B]Oc1ccc(CO)cc1. The van der Waals surface area contributed by atoms with Gasteiger partial charge in [0.15, 0.2) is 0 Å². The van der Waals surface area contributed by atoms with Crippen molar-refractivity contribution in [3.05, 3.63) is 177 Å². The van der Waals surface area contributed by atoms with Gasteiger partial charge in [-0.15, -0.1) is 35.3 Å². The number of ether oxygens (including phenoxy) is 3. The van der Waals surface area contributed by atoms with Crippen LogP contribution in [0.5, 0.6) is 5.75 Å². The lowest BCUT2D eigenvalue weighted by atomic mass is 10.1. The molecule has 0 amide bonds.